The number of halogens is 1. The molecule has 2 aromatic rings. The SMILES string of the molecule is CN=C(NCc1ccc(C)cc1OC1CCOC1)NCC(c1ccco1)N(C)C.I. The maximum Gasteiger partial charge on any atom is 0.191 e. The Bertz CT molecular complexity index is 790. The summed E-state index contributed by atoms with van der Waals surface area (Å²) >= 11 is 0. The smallest absolute Gasteiger partial charge is 0.191 e. The number of ether oxygens (including phenoxy) is 2. The summed E-state index contributed by atoms with van der Waals surface area (Å²) in [6, 6.07) is 10.3. The molecule has 1 aliphatic heterocycles. The van der Waals surface area contributed by atoms with E-state index in [-0.39, 0.29) is 36.1 Å². The number of furan rings is 1. The minimum absolute atomic E-state index is 0. The van der Waals surface area contributed by atoms with Gasteiger partial charge in [-0.25, -0.2) is 0 Å². The van der Waals surface area contributed by atoms with Crippen LogP contribution < -0.4 is 15.4 Å². The summed E-state index contributed by atoms with van der Waals surface area (Å²) in [5.41, 5.74) is 2.28. The second-order valence-electron chi connectivity index (χ2n) is 7.52. The van der Waals surface area contributed by atoms with Crippen LogP contribution in [0.4, 0.5) is 0 Å². The molecule has 0 saturated carbocycles. The van der Waals surface area contributed by atoms with Crippen LogP contribution in [0.5, 0.6) is 5.75 Å². The van der Waals surface area contributed by atoms with E-state index in [2.05, 4.69) is 45.6 Å². The van der Waals surface area contributed by atoms with Gasteiger partial charge in [0.25, 0.3) is 0 Å². The molecule has 0 aliphatic carbocycles. The Morgan fingerprint density at radius 1 is 1.30 bits per heavy atom. The Labute approximate surface area is 196 Å². The lowest BCUT2D eigenvalue weighted by atomic mass is 10.1. The van der Waals surface area contributed by atoms with E-state index < -0.39 is 0 Å². The van der Waals surface area contributed by atoms with Crippen molar-refractivity contribution in [2.75, 3.05) is 40.9 Å². The van der Waals surface area contributed by atoms with Crippen molar-refractivity contribution in [3.63, 3.8) is 0 Å². The molecule has 166 valence electrons. The molecule has 1 fully saturated rings. The van der Waals surface area contributed by atoms with Crippen LogP contribution in [0.25, 0.3) is 0 Å². The van der Waals surface area contributed by atoms with Crippen LogP contribution in [-0.2, 0) is 11.3 Å². The zero-order valence-corrected chi connectivity index (χ0v) is 20.5. The highest BCUT2D eigenvalue weighted by atomic mass is 127. The third-order valence-corrected chi connectivity index (χ3v) is 5.03. The van der Waals surface area contributed by atoms with Gasteiger partial charge in [-0.15, -0.1) is 24.0 Å². The normalized spacial score (nSPS) is 17.5. The molecular formula is C22H33IN4O3. The van der Waals surface area contributed by atoms with Gasteiger partial charge in [-0.3, -0.25) is 9.89 Å². The molecule has 0 bridgehead atoms. The average molecular weight is 528 g/mol. The van der Waals surface area contributed by atoms with Gasteiger partial charge in [0.05, 0.1) is 25.5 Å². The highest BCUT2D eigenvalue weighted by Crippen LogP contribution is 2.24. The lowest BCUT2D eigenvalue weighted by Crippen LogP contribution is -2.41. The van der Waals surface area contributed by atoms with Gasteiger partial charge in [0.2, 0.25) is 0 Å². The van der Waals surface area contributed by atoms with Crippen molar-refractivity contribution >= 4 is 29.9 Å². The number of hydrogen-bond donors (Lipinski definition) is 2. The Hall–Kier alpha value is -1.78. The third-order valence-electron chi connectivity index (χ3n) is 5.03. The average Bonchev–Trinajstić information content (AvgIpc) is 3.40. The molecule has 8 heteroatoms. The molecule has 2 heterocycles. The van der Waals surface area contributed by atoms with Crippen LogP contribution in [0.2, 0.25) is 0 Å². The summed E-state index contributed by atoms with van der Waals surface area (Å²) in [4.78, 5) is 6.47. The van der Waals surface area contributed by atoms with Gasteiger partial charge in [0, 0.05) is 32.1 Å². The molecule has 0 spiro atoms. The highest BCUT2D eigenvalue weighted by molar-refractivity contribution is 14.0. The molecule has 2 N–H and O–H groups in total. The largest absolute Gasteiger partial charge is 0.488 e. The van der Waals surface area contributed by atoms with Gasteiger partial charge >= 0.3 is 0 Å². The highest BCUT2D eigenvalue weighted by Gasteiger charge is 2.19. The predicted molar refractivity (Wildman–Crippen MR) is 130 cm³/mol. The van der Waals surface area contributed by atoms with Crippen molar-refractivity contribution in [3.05, 3.63) is 53.5 Å². The number of aliphatic imine (C=N–C) groups is 1. The fraction of sp³-hybridized carbons (Fsp3) is 0.500. The van der Waals surface area contributed by atoms with Gasteiger partial charge in [-0.05, 0) is 44.8 Å². The number of benzene rings is 1. The number of likely N-dealkylation sites (N-methyl/N-ethyl adjacent to an activating group) is 1. The van der Waals surface area contributed by atoms with Crippen LogP contribution in [-0.4, -0.2) is 57.9 Å². The first-order valence-corrected chi connectivity index (χ1v) is 10.0. The van der Waals surface area contributed by atoms with E-state index >= 15 is 0 Å². The minimum Gasteiger partial charge on any atom is -0.488 e. The van der Waals surface area contributed by atoms with Crippen molar-refractivity contribution in [2.24, 2.45) is 4.99 Å². The van der Waals surface area contributed by atoms with E-state index in [4.69, 9.17) is 13.9 Å². The number of hydrogen-bond acceptors (Lipinski definition) is 5. The summed E-state index contributed by atoms with van der Waals surface area (Å²) in [7, 11) is 5.84. The first-order valence-electron chi connectivity index (χ1n) is 10.0. The van der Waals surface area contributed by atoms with Crippen molar-refractivity contribution in [1.29, 1.82) is 0 Å². The first-order chi connectivity index (χ1) is 14.1. The van der Waals surface area contributed by atoms with E-state index in [1.807, 2.05) is 26.2 Å². The molecule has 0 amide bonds. The summed E-state index contributed by atoms with van der Waals surface area (Å²) < 4.78 is 17.2. The molecule has 1 aromatic carbocycles. The van der Waals surface area contributed by atoms with Crippen LogP contribution in [0.1, 0.15) is 29.3 Å². The van der Waals surface area contributed by atoms with Crippen LogP contribution in [0.3, 0.4) is 0 Å². The van der Waals surface area contributed by atoms with E-state index in [9.17, 15) is 0 Å². The number of nitrogens with one attached hydrogen (secondary N) is 2. The molecule has 7 nitrogen and oxygen atoms in total. The van der Waals surface area contributed by atoms with E-state index in [1.54, 1.807) is 13.3 Å². The Kier molecular flexibility index (Phi) is 9.93. The fourth-order valence-electron chi connectivity index (χ4n) is 3.31. The summed E-state index contributed by atoms with van der Waals surface area (Å²) in [6.45, 7) is 4.80. The molecule has 1 aliphatic rings. The second-order valence-corrected chi connectivity index (χ2v) is 7.52. The molecule has 0 radical (unpaired) electrons. The van der Waals surface area contributed by atoms with Gasteiger partial charge in [-0.2, -0.15) is 0 Å². The van der Waals surface area contributed by atoms with Crippen LogP contribution in [0.15, 0.2) is 46.0 Å². The van der Waals surface area contributed by atoms with Gasteiger partial charge in [0.1, 0.15) is 17.6 Å². The summed E-state index contributed by atoms with van der Waals surface area (Å²) in [5, 5.41) is 6.78. The van der Waals surface area contributed by atoms with Crippen LogP contribution >= 0.6 is 24.0 Å². The van der Waals surface area contributed by atoms with Crippen molar-refractivity contribution in [3.8, 4) is 5.75 Å². The molecular weight excluding hydrogens is 495 g/mol. The Morgan fingerprint density at radius 2 is 2.13 bits per heavy atom. The van der Waals surface area contributed by atoms with Crippen molar-refractivity contribution in [1.82, 2.24) is 15.5 Å². The summed E-state index contributed by atoms with van der Waals surface area (Å²) in [6.07, 6.45) is 2.76. The van der Waals surface area contributed by atoms with Crippen molar-refractivity contribution in [2.45, 2.75) is 32.0 Å². The zero-order chi connectivity index (χ0) is 20.6. The van der Waals surface area contributed by atoms with Crippen molar-refractivity contribution < 1.29 is 13.9 Å². The van der Waals surface area contributed by atoms with E-state index in [0.717, 1.165) is 36.1 Å². The van der Waals surface area contributed by atoms with Gasteiger partial charge < -0.3 is 24.5 Å². The number of rotatable bonds is 8. The number of nitrogens with zero attached hydrogens (tertiary/aromatic N) is 2. The maximum atomic E-state index is 6.19. The quantitative estimate of drug-likeness (QED) is 0.311. The predicted octanol–water partition coefficient (Wildman–Crippen LogP) is 3.34. The fourth-order valence-corrected chi connectivity index (χ4v) is 3.31. The molecule has 1 saturated heterocycles. The lowest BCUT2D eigenvalue weighted by molar-refractivity contribution is 0.140. The second kappa shape index (κ2) is 12.2. The zero-order valence-electron chi connectivity index (χ0n) is 18.2. The molecule has 3 rings (SSSR count). The third kappa shape index (κ3) is 6.88. The standard InChI is InChI=1S/C22H32N4O3.HI/c1-16-7-8-17(21(12-16)29-18-9-11-27-15-18)13-24-22(23-2)25-14-19(26(3)4)20-6-5-10-28-20;/h5-8,10,12,18-19H,9,11,13-15H2,1-4H3,(H2,23,24,25);1H. The molecule has 30 heavy (non-hydrogen) atoms. The maximum absolute atomic E-state index is 6.19. The van der Waals surface area contributed by atoms with Gasteiger partial charge in [-0.1, -0.05) is 12.1 Å². The van der Waals surface area contributed by atoms with E-state index in [0.29, 0.717) is 19.7 Å². The Morgan fingerprint density at radius 3 is 2.77 bits per heavy atom. The minimum atomic E-state index is 0. The number of guanidine groups is 1. The molecule has 2 atom stereocenters. The molecule has 1 aromatic heterocycles. The summed E-state index contributed by atoms with van der Waals surface area (Å²) in [5.74, 6) is 2.57. The lowest BCUT2D eigenvalue weighted by Gasteiger charge is -2.24. The monoisotopic (exact) mass is 528 g/mol. The first kappa shape index (κ1) is 24.5. The van der Waals surface area contributed by atoms with E-state index in [1.165, 1.54) is 5.56 Å². The topological polar surface area (TPSA) is 71.3 Å². The Balaban J connectivity index is 0.00000320. The molecule has 2 unspecified atom stereocenters. The number of aryl methyl sites for hydroxylation is 1. The van der Waals surface area contributed by atoms with Gasteiger partial charge in [0.15, 0.2) is 5.96 Å². The van der Waals surface area contributed by atoms with Crippen LogP contribution in [0, 0.1) is 6.92 Å².